The van der Waals surface area contributed by atoms with Crippen LogP contribution in [-0.4, -0.2) is 9.97 Å². The van der Waals surface area contributed by atoms with Gasteiger partial charge in [0.15, 0.2) is 0 Å². The highest BCUT2D eigenvalue weighted by Gasteiger charge is 2.08. The molecule has 0 atom stereocenters. The summed E-state index contributed by atoms with van der Waals surface area (Å²) in [6.07, 6.45) is 0. The van der Waals surface area contributed by atoms with Crippen molar-refractivity contribution in [2.24, 2.45) is 10.2 Å². The fourth-order valence-electron chi connectivity index (χ4n) is 2.54. The van der Waals surface area contributed by atoms with Crippen molar-refractivity contribution in [1.29, 1.82) is 0 Å². The van der Waals surface area contributed by atoms with E-state index < -0.39 is 0 Å². The normalized spacial score (nSPS) is 11.5. The Bertz CT molecular complexity index is 983. The van der Waals surface area contributed by atoms with Gasteiger partial charge in [0.1, 0.15) is 5.69 Å². The number of para-hydroxylation sites is 1. The monoisotopic (exact) mass is 318 g/mol. The Morgan fingerprint density at radius 2 is 1.74 bits per heavy atom. The maximum atomic E-state index is 4.54. The van der Waals surface area contributed by atoms with E-state index in [2.05, 4.69) is 20.2 Å². The molecule has 0 amide bonds. The fourth-order valence-corrected chi connectivity index (χ4v) is 3.18. The number of hydrogen-bond acceptors (Lipinski definition) is 4. The number of aromatic nitrogens is 2. The van der Waals surface area contributed by atoms with Gasteiger partial charge in [0.25, 0.3) is 0 Å². The minimum Gasteiger partial charge on any atom is -0.357 e. The predicted molar refractivity (Wildman–Crippen MR) is 94.8 cm³/mol. The van der Waals surface area contributed by atoms with Gasteiger partial charge >= 0.3 is 0 Å². The van der Waals surface area contributed by atoms with E-state index in [4.69, 9.17) is 0 Å². The molecule has 0 radical (unpaired) electrons. The van der Waals surface area contributed by atoms with Crippen LogP contribution in [0.3, 0.4) is 0 Å². The third-order valence-electron chi connectivity index (χ3n) is 3.66. The fraction of sp³-hybridized carbons (Fsp3) is 0.0556. The molecule has 1 N–H and O–H groups in total. The van der Waals surface area contributed by atoms with E-state index >= 15 is 0 Å². The Balaban J connectivity index is 1.66. The lowest BCUT2D eigenvalue weighted by atomic mass is 10.2. The summed E-state index contributed by atoms with van der Waals surface area (Å²) >= 11 is 1.50. The standard InChI is InChI=1S/C18H14N4S/c1-12-17(14-9-5-6-10-15(14)19-12)21-22-18-20-16(11-23-18)13-7-3-2-4-8-13/h2-11,19H,1H3. The molecule has 2 aromatic carbocycles. The Labute approximate surface area is 137 Å². The molecule has 2 aromatic heterocycles. The number of fused-ring (bicyclic) bond motifs is 1. The first-order valence-electron chi connectivity index (χ1n) is 7.31. The largest absolute Gasteiger partial charge is 0.357 e. The molecular weight excluding hydrogens is 304 g/mol. The van der Waals surface area contributed by atoms with Gasteiger partial charge in [-0.25, -0.2) is 4.98 Å². The number of nitrogens with one attached hydrogen (secondary N) is 1. The van der Waals surface area contributed by atoms with Crippen LogP contribution in [0.4, 0.5) is 10.8 Å². The van der Waals surface area contributed by atoms with Crippen LogP contribution in [0.25, 0.3) is 22.2 Å². The van der Waals surface area contributed by atoms with Crippen LogP contribution in [0.1, 0.15) is 5.69 Å². The van der Waals surface area contributed by atoms with E-state index in [0.717, 1.165) is 33.5 Å². The van der Waals surface area contributed by atoms with Crippen molar-refractivity contribution in [2.75, 3.05) is 0 Å². The number of thiazole rings is 1. The average Bonchev–Trinajstić information content (AvgIpc) is 3.18. The van der Waals surface area contributed by atoms with E-state index in [1.54, 1.807) is 0 Å². The van der Waals surface area contributed by atoms with Crippen LogP contribution in [-0.2, 0) is 0 Å². The zero-order chi connectivity index (χ0) is 15.6. The third-order valence-corrected chi connectivity index (χ3v) is 4.38. The molecule has 23 heavy (non-hydrogen) atoms. The number of H-pyrrole nitrogens is 1. The minimum absolute atomic E-state index is 0.661. The molecule has 0 saturated heterocycles. The molecule has 112 valence electrons. The van der Waals surface area contributed by atoms with E-state index in [-0.39, 0.29) is 0 Å². The minimum atomic E-state index is 0.661. The summed E-state index contributed by atoms with van der Waals surface area (Å²) < 4.78 is 0. The Morgan fingerprint density at radius 1 is 0.957 bits per heavy atom. The number of benzene rings is 2. The number of rotatable bonds is 3. The van der Waals surface area contributed by atoms with Gasteiger partial charge in [-0.05, 0) is 13.0 Å². The van der Waals surface area contributed by atoms with Gasteiger partial charge in [0.2, 0.25) is 5.13 Å². The van der Waals surface area contributed by atoms with E-state index in [1.807, 2.05) is 66.9 Å². The average molecular weight is 318 g/mol. The van der Waals surface area contributed by atoms with Gasteiger partial charge in [0, 0.05) is 27.5 Å². The lowest BCUT2D eigenvalue weighted by Gasteiger charge is -1.93. The van der Waals surface area contributed by atoms with Gasteiger partial charge in [-0.1, -0.05) is 48.5 Å². The predicted octanol–water partition coefficient (Wildman–Crippen LogP) is 6.02. The lowest BCUT2D eigenvalue weighted by molar-refractivity contribution is 1.18. The van der Waals surface area contributed by atoms with Gasteiger partial charge in [-0.15, -0.1) is 21.6 Å². The summed E-state index contributed by atoms with van der Waals surface area (Å²) in [6, 6.07) is 18.2. The molecule has 4 nitrogen and oxygen atoms in total. The first-order chi connectivity index (χ1) is 11.3. The number of nitrogens with zero attached hydrogens (tertiary/aromatic N) is 3. The molecule has 2 heterocycles. The second-order valence-electron chi connectivity index (χ2n) is 5.23. The Hall–Kier alpha value is -2.79. The van der Waals surface area contributed by atoms with Crippen molar-refractivity contribution < 1.29 is 0 Å². The van der Waals surface area contributed by atoms with Crippen molar-refractivity contribution >= 4 is 33.1 Å². The summed E-state index contributed by atoms with van der Waals surface area (Å²) in [5.74, 6) is 0. The maximum absolute atomic E-state index is 4.54. The van der Waals surface area contributed by atoms with Crippen LogP contribution in [0.2, 0.25) is 0 Å². The zero-order valence-corrected chi connectivity index (χ0v) is 13.3. The highest BCUT2D eigenvalue weighted by atomic mass is 32.1. The summed E-state index contributed by atoms with van der Waals surface area (Å²) in [4.78, 5) is 7.86. The van der Waals surface area contributed by atoms with Crippen LogP contribution >= 0.6 is 11.3 Å². The summed E-state index contributed by atoms with van der Waals surface area (Å²) in [6.45, 7) is 2.01. The highest BCUT2D eigenvalue weighted by Crippen LogP contribution is 2.32. The van der Waals surface area contributed by atoms with E-state index in [1.165, 1.54) is 11.3 Å². The molecule has 0 saturated carbocycles. The van der Waals surface area contributed by atoms with Crippen molar-refractivity contribution in [3.05, 3.63) is 65.7 Å². The van der Waals surface area contributed by atoms with Gasteiger partial charge in [-0.2, -0.15) is 0 Å². The molecule has 0 aliphatic heterocycles. The molecule has 5 heteroatoms. The van der Waals surface area contributed by atoms with Crippen molar-refractivity contribution in [3.63, 3.8) is 0 Å². The number of hydrogen-bond donors (Lipinski definition) is 1. The quantitative estimate of drug-likeness (QED) is 0.462. The molecule has 0 unspecified atom stereocenters. The maximum Gasteiger partial charge on any atom is 0.230 e. The van der Waals surface area contributed by atoms with Gasteiger partial charge in [0.05, 0.1) is 5.69 Å². The Kier molecular flexibility index (Phi) is 3.48. The number of aromatic amines is 1. The van der Waals surface area contributed by atoms with Crippen LogP contribution in [0.15, 0.2) is 70.2 Å². The molecular formula is C18H14N4S. The van der Waals surface area contributed by atoms with Crippen LogP contribution < -0.4 is 0 Å². The first kappa shape index (κ1) is 13.8. The van der Waals surface area contributed by atoms with Gasteiger partial charge < -0.3 is 4.98 Å². The van der Waals surface area contributed by atoms with Crippen molar-refractivity contribution in [2.45, 2.75) is 6.92 Å². The third kappa shape index (κ3) is 2.66. The van der Waals surface area contributed by atoms with E-state index in [9.17, 15) is 0 Å². The number of azo groups is 1. The smallest absolute Gasteiger partial charge is 0.230 e. The van der Waals surface area contributed by atoms with Crippen LogP contribution in [0, 0.1) is 6.92 Å². The first-order valence-corrected chi connectivity index (χ1v) is 8.19. The summed E-state index contributed by atoms with van der Waals surface area (Å²) in [5, 5.41) is 12.5. The molecule has 4 aromatic rings. The molecule has 0 aliphatic carbocycles. The summed E-state index contributed by atoms with van der Waals surface area (Å²) in [7, 11) is 0. The second kappa shape index (κ2) is 5.78. The lowest BCUT2D eigenvalue weighted by Crippen LogP contribution is -1.74. The molecule has 0 aliphatic rings. The molecule has 0 spiro atoms. The molecule has 0 fully saturated rings. The second-order valence-corrected chi connectivity index (χ2v) is 6.06. The Morgan fingerprint density at radius 3 is 2.61 bits per heavy atom. The van der Waals surface area contributed by atoms with Crippen molar-refractivity contribution in [3.8, 4) is 11.3 Å². The zero-order valence-electron chi connectivity index (χ0n) is 12.5. The SMILES string of the molecule is Cc1[nH]c2ccccc2c1N=Nc1nc(-c2ccccc2)cs1. The highest BCUT2D eigenvalue weighted by molar-refractivity contribution is 7.13. The molecule has 0 bridgehead atoms. The topological polar surface area (TPSA) is 53.4 Å². The number of aryl methyl sites for hydroxylation is 1. The van der Waals surface area contributed by atoms with E-state index in [0.29, 0.717) is 5.13 Å². The van der Waals surface area contributed by atoms with Crippen LogP contribution in [0.5, 0.6) is 0 Å². The summed E-state index contributed by atoms with van der Waals surface area (Å²) in [5.41, 5.74) is 4.98. The van der Waals surface area contributed by atoms with Crippen molar-refractivity contribution in [1.82, 2.24) is 9.97 Å². The molecule has 4 rings (SSSR count). The van der Waals surface area contributed by atoms with Gasteiger partial charge in [-0.3, -0.25) is 0 Å².